The fourth-order valence-corrected chi connectivity index (χ4v) is 2.09. The van der Waals surface area contributed by atoms with E-state index >= 15 is 0 Å². The lowest BCUT2D eigenvalue weighted by molar-refractivity contribution is 0.633. The summed E-state index contributed by atoms with van der Waals surface area (Å²) in [6, 6.07) is 0. The molecule has 2 rings (SSSR count). The third kappa shape index (κ3) is 2.92. The van der Waals surface area contributed by atoms with E-state index in [0.29, 0.717) is 12.5 Å². The lowest BCUT2D eigenvalue weighted by atomic mass is 10.2. The van der Waals surface area contributed by atoms with E-state index in [4.69, 9.17) is 0 Å². The van der Waals surface area contributed by atoms with Gasteiger partial charge in [-0.2, -0.15) is 5.10 Å². The molecule has 0 radical (unpaired) electrons. The van der Waals surface area contributed by atoms with Crippen molar-refractivity contribution in [3.05, 3.63) is 34.9 Å². The molecule has 0 aliphatic carbocycles. The molecule has 0 aliphatic heterocycles. The molecule has 2 aromatic rings. The first-order chi connectivity index (χ1) is 9.15. The lowest BCUT2D eigenvalue weighted by Gasteiger charge is -2.06. The summed E-state index contributed by atoms with van der Waals surface area (Å²) < 4.78 is 2.02. The van der Waals surface area contributed by atoms with Crippen LogP contribution in [0.3, 0.4) is 0 Å². The summed E-state index contributed by atoms with van der Waals surface area (Å²) in [6.45, 7) is 9.94. The Balaban J connectivity index is 2.07. The minimum absolute atomic E-state index is 0.667. The van der Waals surface area contributed by atoms with Gasteiger partial charge in [0.05, 0.1) is 5.69 Å². The summed E-state index contributed by atoms with van der Waals surface area (Å²) >= 11 is 0. The summed E-state index contributed by atoms with van der Waals surface area (Å²) in [5, 5.41) is 7.76. The molecule has 0 aromatic carbocycles. The number of anilines is 1. The van der Waals surface area contributed by atoms with Crippen molar-refractivity contribution >= 4 is 5.95 Å². The highest BCUT2D eigenvalue weighted by Crippen LogP contribution is 2.14. The van der Waals surface area contributed by atoms with E-state index in [1.165, 1.54) is 11.3 Å². The molecule has 19 heavy (non-hydrogen) atoms. The standard InChI is InChI=1S/C14H21N5/c1-5-12-7-15-14(16-8-12)17-9-13-10(3)18-19(6-2)11(13)4/h7-8H,5-6,9H2,1-4H3,(H,15,16,17). The molecule has 5 heteroatoms. The summed E-state index contributed by atoms with van der Waals surface area (Å²) in [5.41, 5.74) is 4.65. The van der Waals surface area contributed by atoms with E-state index < -0.39 is 0 Å². The van der Waals surface area contributed by atoms with Gasteiger partial charge in [0.2, 0.25) is 5.95 Å². The van der Waals surface area contributed by atoms with E-state index in [9.17, 15) is 0 Å². The molecule has 5 nitrogen and oxygen atoms in total. The Labute approximate surface area is 114 Å². The molecule has 0 saturated carbocycles. The van der Waals surface area contributed by atoms with E-state index in [-0.39, 0.29) is 0 Å². The van der Waals surface area contributed by atoms with Crippen molar-refractivity contribution in [1.82, 2.24) is 19.7 Å². The molecule has 0 spiro atoms. The van der Waals surface area contributed by atoms with Crippen LogP contribution in [-0.4, -0.2) is 19.7 Å². The van der Waals surface area contributed by atoms with E-state index in [1.54, 1.807) is 0 Å². The van der Waals surface area contributed by atoms with Gasteiger partial charge < -0.3 is 5.32 Å². The first-order valence-corrected chi connectivity index (χ1v) is 6.73. The van der Waals surface area contributed by atoms with Gasteiger partial charge in [0.1, 0.15) is 0 Å². The molecule has 2 heterocycles. The highest BCUT2D eigenvalue weighted by atomic mass is 15.3. The van der Waals surface area contributed by atoms with Crippen molar-refractivity contribution < 1.29 is 0 Å². The molecule has 0 atom stereocenters. The minimum Gasteiger partial charge on any atom is -0.350 e. The van der Waals surface area contributed by atoms with Crippen LogP contribution in [0.2, 0.25) is 0 Å². The third-order valence-electron chi connectivity index (χ3n) is 3.37. The average molecular weight is 259 g/mol. The van der Waals surface area contributed by atoms with Gasteiger partial charge in [-0.3, -0.25) is 4.68 Å². The van der Waals surface area contributed by atoms with Gasteiger partial charge in [-0.25, -0.2) is 9.97 Å². The molecule has 1 N–H and O–H groups in total. The average Bonchev–Trinajstić information content (AvgIpc) is 2.72. The van der Waals surface area contributed by atoms with Crippen molar-refractivity contribution in [2.75, 3.05) is 5.32 Å². The molecular weight excluding hydrogens is 238 g/mol. The number of aryl methyl sites for hydroxylation is 3. The number of hydrogen-bond acceptors (Lipinski definition) is 4. The highest BCUT2D eigenvalue weighted by Gasteiger charge is 2.10. The second-order valence-corrected chi connectivity index (χ2v) is 4.59. The Morgan fingerprint density at radius 1 is 1.16 bits per heavy atom. The molecule has 0 bridgehead atoms. The first-order valence-electron chi connectivity index (χ1n) is 6.73. The van der Waals surface area contributed by atoms with Crippen LogP contribution >= 0.6 is 0 Å². The molecular formula is C14H21N5. The van der Waals surface area contributed by atoms with Crippen LogP contribution in [0.5, 0.6) is 0 Å². The SMILES string of the molecule is CCc1cnc(NCc2c(C)nn(CC)c2C)nc1. The number of nitrogens with one attached hydrogen (secondary N) is 1. The molecule has 102 valence electrons. The number of aromatic nitrogens is 4. The topological polar surface area (TPSA) is 55.6 Å². The summed E-state index contributed by atoms with van der Waals surface area (Å²) in [6.07, 6.45) is 4.69. The van der Waals surface area contributed by atoms with Crippen molar-refractivity contribution in [2.24, 2.45) is 0 Å². The van der Waals surface area contributed by atoms with Crippen LogP contribution in [-0.2, 0) is 19.5 Å². The van der Waals surface area contributed by atoms with Crippen LogP contribution in [0, 0.1) is 13.8 Å². The van der Waals surface area contributed by atoms with Gasteiger partial charge in [0, 0.05) is 36.7 Å². The van der Waals surface area contributed by atoms with Crippen LogP contribution in [0.1, 0.15) is 36.4 Å². The van der Waals surface area contributed by atoms with Gasteiger partial charge in [-0.05, 0) is 32.8 Å². The predicted molar refractivity (Wildman–Crippen MR) is 76.1 cm³/mol. The third-order valence-corrected chi connectivity index (χ3v) is 3.37. The van der Waals surface area contributed by atoms with Crippen molar-refractivity contribution in [2.45, 2.75) is 47.2 Å². The van der Waals surface area contributed by atoms with Crippen molar-refractivity contribution in [1.29, 1.82) is 0 Å². The Kier molecular flexibility index (Phi) is 4.14. The fourth-order valence-electron chi connectivity index (χ4n) is 2.09. The Bertz CT molecular complexity index is 542. The highest BCUT2D eigenvalue weighted by molar-refractivity contribution is 5.31. The van der Waals surface area contributed by atoms with Gasteiger partial charge in [0.15, 0.2) is 0 Å². The largest absolute Gasteiger partial charge is 0.350 e. The van der Waals surface area contributed by atoms with Crippen LogP contribution < -0.4 is 5.32 Å². The number of rotatable bonds is 5. The van der Waals surface area contributed by atoms with Crippen molar-refractivity contribution in [3.8, 4) is 0 Å². The zero-order valence-corrected chi connectivity index (χ0v) is 12.1. The summed E-state index contributed by atoms with van der Waals surface area (Å²) in [4.78, 5) is 8.60. The van der Waals surface area contributed by atoms with Gasteiger partial charge in [-0.15, -0.1) is 0 Å². The minimum atomic E-state index is 0.667. The molecule has 0 aliphatic rings. The maximum atomic E-state index is 4.50. The molecule has 2 aromatic heterocycles. The lowest BCUT2D eigenvalue weighted by Crippen LogP contribution is -2.06. The van der Waals surface area contributed by atoms with E-state index in [2.05, 4.69) is 41.2 Å². The fraction of sp³-hybridized carbons (Fsp3) is 0.500. The van der Waals surface area contributed by atoms with Crippen LogP contribution in [0.4, 0.5) is 5.95 Å². The van der Waals surface area contributed by atoms with Crippen molar-refractivity contribution in [3.63, 3.8) is 0 Å². The second kappa shape index (κ2) is 5.82. The second-order valence-electron chi connectivity index (χ2n) is 4.59. The monoisotopic (exact) mass is 259 g/mol. The maximum Gasteiger partial charge on any atom is 0.222 e. The van der Waals surface area contributed by atoms with Gasteiger partial charge >= 0.3 is 0 Å². The van der Waals surface area contributed by atoms with Gasteiger partial charge in [0.25, 0.3) is 0 Å². The predicted octanol–water partition coefficient (Wildman–Crippen LogP) is 2.48. The zero-order valence-electron chi connectivity index (χ0n) is 12.1. The van der Waals surface area contributed by atoms with E-state index in [0.717, 1.165) is 24.2 Å². The quantitative estimate of drug-likeness (QED) is 0.896. The number of nitrogens with zero attached hydrogens (tertiary/aromatic N) is 4. The van der Waals surface area contributed by atoms with Crippen LogP contribution in [0.15, 0.2) is 12.4 Å². The Morgan fingerprint density at radius 3 is 2.37 bits per heavy atom. The first kappa shape index (κ1) is 13.5. The maximum absolute atomic E-state index is 4.50. The zero-order chi connectivity index (χ0) is 13.8. The normalized spacial score (nSPS) is 10.7. The van der Waals surface area contributed by atoms with Crippen LogP contribution in [0.25, 0.3) is 0 Å². The van der Waals surface area contributed by atoms with E-state index in [1.807, 2.05) is 24.0 Å². The van der Waals surface area contributed by atoms with Gasteiger partial charge in [-0.1, -0.05) is 6.92 Å². The summed E-state index contributed by atoms with van der Waals surface area (Å²) in [5.74, 6) is 0.667. The Morgan fingerprint density at radius 2 is 1.84 bits per heavy atom. The molecule has 0 saturated heterocycles. The molecule has 0 amide bonds. The molecule has 0 fully saturated rings. The molecule has 0 unspecified atom stereocenters. The smallest absolute Gasteiger partial charge is 0.222 e. The number of hydrogen-bond donors (Lipinski definition) is 1. The summed E-state index contributed by atoms with van der Waals surface area (Å²) in [7, 11) is 0. The Hall–Kier alpha value is -1.91.